The van der Waals surface area contributed by atoms with Crippen LogP contribution in [0.1, 0.15) is 42.2 Å². The Morgan fingerprint density at radius 1 is 1.61 bits per heavy atom. The minimum Gasteiger partial charge on any atom is -0.375 e. The van der Waals surface area contributed by atoms with Gasteiger partial charge in [-0.3, -0.25) is 4.79 Å². The van der Waals surface area contributed by atoms with Crippen molar-refractivity contribution in [2.75, 3.05) is 6.61 Å². The van der Waals surface area contributed by atoms with Gasteiger partial charge in [0.1, 0.15) is 3.79 Å². The van der Waals surface area contributed by atoms with E-state index in [1.54, 1.807) is 0 Å². The Bertz CT molecular complexity index is 459. The van der Waals surface area contributed by atoms with Gasteiger partial charge in [0.05, 0.1) is 10.6 Å². The van der Waals surface area contributed by atoms with Gasteiger partial charge < -0.3 is 10.1 Å². The highest BCUT2D eigenvalue weighted by Crippen LogP contribution is 2.26. The molecule has 0 spiro atoms. The summed E-state index contributed by atoms with van der Waals surface area (Å²) in [6, 6.07) is 0.162. The van der Waals surface area contributed by atoms with E-state index in [2.05, 4.69) is 26.2 Å². The fourth-order valence-corrected chi connectivity index (χ4v) is 3.75. The average molecular weight is 333 g/mol. The lowest BCUT2D eigenvalue weighted by molar-refractivity contribution is -0.0615. The van der Waals surface area contributed by atoms with Crippen LogP contribution >= 0.6 is 27.3 Å². The third kappa shape index (κ3) is 3.30. The van der Waals surface area contributed by atoms with Crippen LogP contribution in [0.4, 0.5) is 0 Å². The van der Waals surface area contributed by atoms with Gasteiger partial charge >= 0.3 is 0 Å². The van der Waals surface area contributed by atoms with Crippen molar-refractivity contribution >= 4 is 33.2 Å². The molecule has 1 fully saturated rings. The minimum atomic E-state index is -0.161. The van der Waals surface area contributed by atoms with Gasteiger partial charge in [-0.25, -0.2) is 4.98 Å². The smallest absolute Gasteiger partial charge is 0.272 e. The summed E-state index contributed by atoms with van der Waals surface area (Å²) in [7, 11) is 0. The van der Waals surface area contributed by atoms with Gasteiger partial charge in [-0.1, -0.05) is 0 Å². The monoisotopic (exact) mass is 332 g/mol. The number of hydrogen-bond acceptors (Lipinski definition) is 4. The van der Waals surface area contributed by atoms with Gasteiger partial charge in [-0.2, -0.15) is 0 Å². The summed E-state index contributed by atoms with van der Waals surface area (Å²) in [5.74, 6) is -0.103. The Morgan fingerprint density at radius 2 is 2.33 bits per heavy atom. The second-order valence-corrected chi connectivity index (χ2v) is 7.65. The largest absolute Gasteiger partial charge is 0.375 e. The van der Waals surface area contributed by atoms with Gasteiger partial charge in [0.2, 0.25) is 0 Å². The standard InChI is InChI=1S/C12H17BrN2O2S/c1-7-14-9(10(13)18-7)11(16)15-8-4-5-17-12(2,3)6-8/h8H,4-6H2,1-3H3,(H,15,16). The molecule has 1 saturated heterocycles. The lowest BCUT2D eigenvalue weighted by Crippen LogP contribution is -2.45. The van der Waals surface area contributed by atoms with Crippen molar-refractivity contribution in [3.63, 3.8) is 0 Å². The van der Waals surface area contributed by atoms with Crippen molar-refractivity contribution in [2.45, 2.75) is 45.3 Å². The summed E-state index contributed by atoms with van der Waals surface area (Å²) < 4.78 is 6.43. The second-order valence-electron chi connectivity index (χ2n) is 5.13. The van der Waals surface area contributed by atoms with Crippen molar-refractivity contribution < 1.29 is 9.53 Å². The first-order valence-corrected chi connectivity index (χ1v) is 7.56. The fourth-order valence-electron chi connectivity index (χ4n) is 2.15. The number of aryl methyl sites for hydroxylation is 1. The molecule has 1 atom stereocenters. The van der Waals surface area contributed by atoms with Gasteiger partial charge in [0.25, 0.3) is 5.91 Å². The Labute approximate surface area is 119 Å². The first kappa shape index (κ1) is 14.0. The molecule has 2 rings (SSSR count). The normalized spacial score (nSPS) is 22.8. The van der Waals surface area contributed by atoms with Crippen LogP contribution in [-0.4, -0.2) is 29.1 Å². The molecule has 1 aliphatic heterocycles. The Kier molecular flexibility index (Phi) is 4.08. The summed E-state index contributed by atoms with van der Waals surface area (Å²) in [4.78, 5) is 16.4. The van der Waals surface area contributed by atoms with Crippen LogP contribution in [0, 0.1) is 6.92 Å². The maximum Gasteiger partial charge on any atom is 0.272 e. The van der Waals surface area contributed by atoms with E-state index in [0.29, 0.717) is 12.3 Å². The number of rotatable bonds is 2. The molecule has 1 aromatic heterocycles. The predicted octanol–water partition coefficient (Wildman–Crippen LogP) is 2.90. The number of carbonyl (C=O) groups is 1. The molecule has 0 saturated carbocycles. The van der Waals surface area contributed by atoms with Crippen LogP contribution in [0.25, 0.3) is 0 Å². The summed E-state index contributed by atoms with van der Waals surface area (Å²) in [5.41, 5.74) is 0.326. The minimum absolute atomic E-state index is 0.103. The lowest BCUT2D eigenvalue weighted by atomic mass is 9.94. The second kappa shape index (κ2) is 5.27. The number of nitrogens with zero attached hydrogens (tertiary/aromatic N) is 1. The first-order chi connectivity index (χ1) is 8.37. The van der Waals surface area contributed by atoms with Crippen molar-refractivity contribution in [3.8, 4) is 0 Å². The Balaban J connectivity index is 2.01. The third-order valence-electron chi connectivity index (χ3n) is 2.94. The van der Waals surface area contributed by atoms with E-state index in [4.69, 9.17) is 4.74 Å². The SMILES string of the molecule is Cc1nc(C(=O)NC2CCOC(C)(C)C2)c(Br)s1. The highest BCUT2D eigenvalue weighted by atomic mass is 79.9. The number of halogens is 1. The number of nitrogens with one attached hydrogen (secondary N) is 1. The van der Waals surface area contributed by atoms with Crippen molar-refractivity contribution in [1.82, 2.24) is 10.3 Å². The van der Waals surface area contributed by atoms with Crippen LogP contribution in [-0.2, 0) is 4.74 Å². The number of carbonyl (C=O) groups excluding carboxylic acids is 1. The van der Waals surface area contributed by atoms with Gasteiger partial charge in [0.15, 0.2) is 5.69 Å². The molecule has 1 amide bonds. The third-order valence-corrected chi connectivity index (χ3v) is 4.56. The average Bonchev–Trinajstić information content (AvgIpc) is 2.56. The quantitative estimate of drug-likeness (QED) is 0.905. The molecule has 0 radical (unpaired) electrons. The molecule has 1 aliphatic rings. The number of thiazole rings is 1. The number of aromatic nitrogens is 1. The topological polar surface area (TPSA) is 51.2 Å². The zero-order valence-electron chi connectivity index (χ0n) is 10.7. The lowest BCUT2D eigenvalue weighted by Gasteiger charge is -2.35. The molecule has 1 aromatic rings. The van der Waals surface area contributed by atoms with Crippen LogP contribution < -0.4 is 5.32 Å². The van der Waals surface area contributed by atoms with Crippen molar-refractivity contribution in [3.05, 3.63) is 14.5 Å². The van der Waals surface area contributed by atoms with E-state index < -0.39 is 0 Å². The molecule has 18 heavy (non-hydrogen) atoms. The van der Waals surface area contributed by atoms with E-state index in [9.17, 15) is 4.79 Å². The molecule has 0 aliphatic carbocycles. The van der Waals surface area contributed by atoms with Gasteiger partial charge in [0, 0.05) is 12.6 Å². The summed E-state index contributed by atoms with van der Waals surface area (Å²) >= 11 is 4.85. The van der Waals surface area contributed by atoms with E-state index in [1.807, 2.05) is 20.8 Å². The van der Waals surface area contributed by atoms with Gasteiger partial charge in [-0.15, -0.1) is 11.3 Å². The zero-order valence-corrected chi connectivity index (χ0v) is 13.2. The summed E-state index contributed by atoms with van der Waals surface area (Å²) in [6.45, 7) is 6.68. The van der Waals surface area contributed by atoms with Crippen molar-refractivity contribution in [1.29, 1.82) is 0 Å². The molecule has 0 bridgehead atoms. The maximum atomic E-state index is 12.1. The summed E-state index contributed by atoms with van der Waals surface area (Å²) in [5, 5.41) is 3.93. The zero-order chi connectivity index (χ0) is 13.3. The molecule has 6 heteroatoms. The number of ether oxygens (including phenoxy) is 1. The molecular weight excluding hydrogens is 316 g/mol. The first-order valence-electron chi connectivity index (χ1n) is 5.95. The molecule has 4 nitrogen and oxygen atoms in total. The maximum absolute atomic E-state index is 12.1. The predicted molar refractivity (Wildman–Crippen MR) is 75.1 cm³/mol. The number of hydrogen-bond donors (Lipinski definition) is 1. The molecule has 1 unspecified atom stereocenters. The highest BCUT2D eigenvalue weighted by molar-refractivity contribution is 9.11. The van der Waals surface area contributed by atoms with Gasteiger partial charge in [-0.05, 0) is 49.5 Å². The fraction of sp³-hybridized carbons (Fsp3) is 0.667. The van der Waals surface area contributed by atoms with Crippen LogP contribution in [0.15, 0.2) is 3.79 Å². The van der Waals surface area contributed by atoms with E-state index in [0.717, 1.165) is 21.6 Å². The van der Waals surface area contributed by atoms with Crippen LogP contribution in [0.5, 0.6) is 0 Å². The highest BCUT2D eigenvalue weighted by Gasteiger charge is 2.30. The van der Waals surface area contributed by atoms with Crippen LogP contribution in [0.3, 0.4) is 0 Å². The van der Waals surface area contributed by atoms with E-state index in [1.165, 1.54) is 11.3 Å². The molecule has 2 heterocycles. The number of amides is 1. The molecular formula is C12H17BrN2O2S. The Morgan fingerprint density at radius 3 is 2.89 bits per heavy atom. The Hall–Kier alpha value is -0.460. The van der Waals surface area contributed by atoms with Crippen LogP contribution in [0.2, 0.25) is 0 Å². The molecule has 1 N–H and O–H groups in total. The molecule has 100 valence electrons. The van der Waals surface area contributed by atoms with E-state index >= 15 is 0 Å². The van der Waals surface area contributed by atoms with E-state index in [-0.39, 0.29) is 17.6 Å². The van der Waals surface area contributed by atoms with Crippen molar-refractivity contribution in [2.24, 2.45) is 0 Å². The molecule has 0 aromatic carbocycles. The summed E-state index contributed by atoms with van der Waals surface area (Å²) in [6.07, 6.45) is 1.69.